The normalized spacial score (nSPS) is 16.0. The van der Waals surface area contributed by atoms with Gasteiger partial charge in [0.1, 0.15) is 0 Å². The molecule has 0 unspecified atom stereocenters. The average molecular weight is 179 g/mol. The molecule has 0 aliphatic carbocycles. The summed E-state index contributed by atoms with van der Waals surface area (Å²) in [6, 6.07) is 0. The number of ether oxygens (including phenoxy) is 1. The van der Waals surface area contributed by atoms with Crippen molar-refractivity contribution in [2.75, 3.05) is 20.2 Å². The zero-order valence-electron chi connectivity index (χ0n) is 7.75. The smallest absolute Gasteiger partial charge is 0.336 e. The molecule has 70 valence electrons. The standard InChI is InChI=1S/C10H13NO2/c1-3-7-13-10(12)9-5-4-6-11(2)8-9/h1,8H,4-7H2,2H3. The molecule has 3 heteroatoms. The minimum absolute atomic E-state index is 0.0554. The molecule has 0 radical (unpaired) electrons. The fourth-order valence-electron chi connectivity index (χ4n) is 1.27. The molecule has 1 aliphatic rings. The number of carbonyl (C=O) groups is 1. The Morgan fingerprint density at radius 3 is 3.23 bits per heavy atom. The van der Waals surface area contributed by atoms with Crippen LogP contribution in [0.2, 0.25) is 0 Å². The maximum atomic E-state index is 11.3. The van der Waals surface area contributed by atoms with Gasteiger partial charge in [-0.1, -0.05) is 5.92 Å². The number of rotatable bonds is 2. The van der Waals surface area contributed by atoms with Crippen molar-refractivity contribution in [1.29, 1.82) is 0 Å². The molecule has 0 fully saturated rings. The molecule has 13 heavy (non-hydrogen) atoms. The van der Waals surface area contributed by atoms with E-state index in [1.807, 2.05) is 18.1 Å². The number of esters is 1. The lowest BCUT2D eigenvalue weighted by atomic mass is 10.1. The Morgan fingerprint density at radius 1 is 1.85 bits per heavy atom. The van der Waals surface area contributed by atoms with Gasteiger partial charge in [0.2, 0.25) is 0 Å². The lowest BCUT2D eigenvalue weighted by molar-refractivity contribution is -0.138. The molecule has 0 bridgehead atoms. The molecule has 3 nitrogen and oxygen atoms in total. The minimum atomic E-state index is -0.287. The summed E-state index contributed by atoms with van der Waals surface area (Å²) in [5, 5.41) is 0. The van der Waals surface area contributed by atoms with Crippen LogP contribution >= 0.6 is 0 Å². The summed E-state index contributed by atoms with van der Waals surface area (Å²) in [6.45, 7) is 1.05. The van der Waals surface area contributed by atoms with E-state index in [4.69, 9.17) is 11.2 Å². The van der Waals surface area contributed by atoms with Crippen molar-refractivity contribution in [3.63, 3.8) is 0 Å². The largest absolute Gasteiger partial charge is 0.449 e. The zero-order chi connectivity index (χ0) is 9.68. The van der Waals surface area contributed by atoms with Gasteiger partial charge in [-0.05, 0) is 12.8 Å². The van der Waals surface area contributed by atoms with E-state index in [0.717, 1.165) is 19.4 Å². The third-order valence-electron chi connectivity index (χ3n) is 1.88. The molecule has 1 heterocycles. The van der Waals surface area contributed by atoms with Gasteiger partial charge in [0.15, 0.2) is 6.61 Å². The van der Waals surface area contributed by atoms with E-state index in [2.05, 4.69) is 5.92 Å². The van der Waals surface area contributed by atoms with Crippen molar-refractivity contribution in [3.8, 4) is 12.3 Å². The summed E-state index contributed by atoms with van der Waals surface area (Å²) >= 11 is 0. The fraction of sp³-hybridized carbons (Fsp3) is 0.500. The monoisotopic (exact) mass is 179 g/mol. The highest BCUT2D eigenvalue weighted by molar-refractivity contribution is 5.88. The first-order valence-electron chi connectivity index (χ1n) is 4.25. The molecule has 0 aromatic carbocycles. The van der Waals surface area contributed by atoms with Gasteiger partial charge in [0, 0.05) is 19.8 Å². The van der Waals surface area contributed by atoms with E-state index in [9.17, 15) is 4.79 Å². The number of hydrogen-bond acceptors (Lipinski definition) is 3. The van der Waals surface area contributed by atoms with E-state index in [-0.39, 0.29) is 12.6 Å². The Balaban J connectivity index is 2.51. The van der Waals surface area contributed by atoms with Crippen molar-refractivity contribution < 1.29 is 9.53 Å². The van der Waals surface area contributed by atoms with Crippen LogP contribution in [0.15, 0.2) is 11.8 Å². The van der Waals surface area contributed by atoms with Crippen LogP contribution in [0.3, 0.4) is 0 Å². The van der Waals surface area contributed by atoms with E-state index in [1.54, 1.807) is 0 Å². The molecular weight excluding hydrogens is 166 g/mol. The van der Waals surface area contributed by atoms with Crippen molar-refractivity contribution >= 4 is 5.97 Å². The van der Waals surface area contributed by atoms with Crippen LogP contribution in [-0.4, -0.2) is 31.1 Å². The van der Waals surface area contributed by atoms with Crippen molar-refractivity contribution in [2.45, 2.75) is 12.8 Å². The first-order chi connectivity index (χ1) is 6.24. The van der Waals surface area contributed by atoms with E-state index in [0.29, 0.717) is 5.57 Å². The number of nitrogens with zero attached hydrogens (tertiary/aromatic N) is 1. The maximum Gasteiger partial charge on any atom is 0.336 e. The summed E-state index contributed by atoms with van der Waals surface area (Å²) in [5.74, 6) is 1.98. The second-order valence-corrected chi connectivity index (χ2v) is 3.02. The Bertz CT molecular complexity index is 263. The predicted molar refractivity (Wildman–Crippen MR) is 49.7 cm³/mol. The molecule has 0 aromatic heterocycles. The number of carbonyl (C=O) groups excluding carboxylic acids is 1. The number of hydrogen-bond donors (Lipinski definition) is 0. The summed E-state index contributed by atoms with van der Waals surface area (Å²) in [7, 11) is 1.94. The van der Waals surface area contributed by atoms with Crippen LogP contribution in [-0.2, 0) is 9.53 Å². The van der Waals surface area contributed by atoms with E-state index >= 15 is 0 Å². The molecule has 1 aliphatic heterocycles. The number of terminal acetylenes is 1. The first-order valence-corrected chi connectivity index (χ1v) is 4.25. The Labute approximate surface area is 78.4 Å². The van der Waals surface area contributed by atoms with Gasteiger partial charge >= 0.3 is 5.97 Å². The summed E-state index contributed by atoms with van der Waals surface area (Å²) in [6.07, 6.45) is 8.58. The van der Waals surface area contributed by atoms with Crippen LogP contribution in [0.25, 0.3) is 0 Å². The fourth-order valence-corrected chi connectivity index (χ4v) is 1.27. The molecule has 0 saturated heterocycles. The second-order valence-electron chi connectivity index (χ2n) is 3.02. The third-order valence-corrected chi connectivity index (χ3v) is 1.88. The van der Waals surface area contributed by atoms with Crippen molar-refractivity contribution in [3.05, 3.63) is 11.8 Å². The third kappa shape index (κ3) is 2.83. The lowest BCUT2D eigenvalue weighted by Gasteiger charge is -2.21. The van der Waals surface area contributed by atoms with Crippen LogP contribution < -0.4 is 0 Å². The maximum absolute atomic E-state index is 11.3. The molecule has 0 spiro atoms. The Hall–Kier alpha value is -1.43. The first kappa shape index (κ1) is 9.66. The van der Waals surface area contributed by atoms with Gasteiger partial charge in [0.25, 0.3) is 0 Å². The van der Waals surface area contributed by atoms with E-state index in [1.165, 1.54) is 0 Å². The van der Waals surface area contributed by atoms with Crippen LogP contribution in [0.1, 0.15) is 12.8 Å². The molecule has 0 amide bonds. The molecular formula is C10H13NO2. The highest BCUT2D eigenvalue weighted by Crippen LogP contribution is 2.14. The van der Waals surface area contributed by atoms with Crippen LogP contribution in [0, 0.1) is 12.3 Å². The SMILES string of the molecule is C#CCOC(=O)C1=CN(C)CCC1. The Kier molecular flexibility index (Phi) is 3.39. The predicted octanol–water partition coefficient (Wildman–Crippen LogP) is 0.772. The van der Waals surface area contributed by atoms with Crippen LogP contribution in [0.5, 0.6) is 0 Å². The van der Waals surface area contributed by atoms with Gasteiger partial charge in [0.05, 0.1) is 5.57 Å². The molecule has 0 saturated carbocycles. The van der Waals surface area contributed by atoms with Gasteiger partial charge in [-0.15, -0.1) is 6.42 Å². The molecule has 0 aromatic rings. The summed E-state index contributed by atoms with van der Waals surface area (Å²) in [5.41, 5.74) is 0.712. The van der Waals surface area contributed by atoms with Crippen molar-refractivity contribution in [2.24, 2.45) is 0 Å². The van der Waals surface area contributed by atoms with Gasteiger partial charge in [-0.3, -0.25) is 0 Å². The van der Waals surface area contributed by atoms with Crippen molar-refractivity contribution in [1.82, 2.24) is 4.90 Å². The summed E-state index contributed by atoms with van der Waals surface area (Å²) < 4.78 is 4.81. The molecule has 1 rings (SSSR count). The van der Waals surface area contributed by atoms with E-state index < -0.39 is 0 Å². The second kappa shape index (κ2) is 4.56. The lowest BCUT2D eigenvalue weighted by Crippen LogP contribution is -2.21. The molecule has 0 atom stereocenters. The highest BCUT2D eigenvalue weighted by atomic mass is 16.5. The van der Waals surface area contributed by atoms with Crippen LogP contribution in [0.4, 0.5) is 0 Å². The average Bonchev–Trinajstić information content (AvgIpc) is 2.14. The van der Waals surface area contributed by atoms with Gasteiger partial charge < -0.3 is 9.64 Å². The summed E-state index contributed by atoms with van der Waals surface area (Å²) in [4.78, 5) is 13.3. The Morgan fingerprint density at radius 2 is 2.62 bits per heavy atom. The molecule has 0 N–H and O–H groups in total. The van der Waals surface area contributed by atoms with Gasteiger partial charge in [-0.25, -0.2) is 4.79 Å². The minimum Gasteiger partial charge on any atom is -0.449 e. The highest BCUT2D eigenvalue weighted by Gasteiger charge is 2.15. The topological polar surface area (TPSA) is 29.5 Å². The zero-order valence-corrected chi connectivity index (χ0v) is 7.75. The quantitative estimate of drug-likeness (QED) is 0.463. The van der Waals surface area contributed by atoms with Gasteiger partial charge in [-0.2, -0.15) is 0 Å².